The minimum Gasteiger partial charge on any atom is -0.481 e. The summed E-state index contributed by atoms with van der Waals surface area (Å²) in [5, 5.41) is 244. The van der Waals surface area contributed by atoms with Crippen LogP contribution < -0.4 is 0 Å². The summed E-state index contributed by atoms with van der Waals surface area (Å²) in [6.45, 7) is 7.07. The number of carbonyl (C=O) groups is 2. The zero-order valence-electron chi connectivity index (χ0n) is 64.5. The van der Waals surface area contributed by atoms with Crippen LogP contribution in [0.15, 0.2) is 11.6 Å². The van der Waals surface area contributed by atoms with E-state index < -0.39 is 269 Å². The van der Waals surface area contributed by atoms with Gasteiger partial charge < -0.3 is 174 Å². The van der Waals surface area contributed by atoms with Gasteiger partial charge in [0.25, 0.3) is 0 Å². The van der Waals surface area contributed by atoms with Gasteiger partial charge in [-0.25, -0.2) is 0 Å². The van der Waals surface area contributed by atoms with Crippen molar-refractivity contribution in [1.82, 2.24) is 0 Å². The molecule has 0 radical (unpaired) electrons. The predicted octanol–water partition coefficient (Wildman–Crippen LogP) is -5.55. The zero-order chi connectivity index (χ0) is 82.3. The molecule has 14 rings (SSSR count). The summed E-state index contributed by atoms with van der Waals surface area (Å²) >= 11 is 0. The first-order valence-electron chi connectivity index (χ1n) is 40.1. The number of aliphatic hydroxyl groups excluding tert-OH is 20. The lowest BCUT2D eigenvalue weighted by atomic mass is 9.40. The average Bonchev–Trinajstić information content (AvgIpc) is 1.51. The highest BCUT2D eigenvalue weighted by Gasteiger charge is 2.75. The lowest BCUT2D eigenvalue weighted by Gasteiger charge is -2.64. The maximum atomic E-state index is 12.7. The van der Waals surface area contributed by atoms with Gasteiger partial charge >= 0.3 is 11.9 Å². The van der Waals surface area contributed by atoms with Gasteiger partial charge in [-0.3, -0.25) is 9.59 Å². The highest BCUT2D eigenvalue weighted by Crippen LogP contribution is 2.76. The second-order valence-electron chi connectivity index (χ2n) is 36.6. The standard InChI is InChI=1S/C38H62O19.C38H60O18/c1-34-7-4-8-35(2,33(49)50)19(34)5-9-37-14-36(3,51)38(15-37,10-6-20(34)37)57-32-29(56-31-27(48)25(46)22(43)17(12-40)53-31)28(23(44)18(13-41)54-32)55-30-26(47)24(45)21(42)16(11-39)52-30;1-16-11-37-9-5-20-35(2,7-4-8-36(20,3)34(49)50)21(37)6-10-38(16,15-37)56-33-30(55-32-28(48)26(46)23(43)18(13-40)52-32)29(24(44)19(14-41)53-33)54-31-27(47)25(45)22(42)17(12-39)51-31/h16-32,39-48,51H,4-15H2,1-3H3,(H,49,50);11,17-33,39-48H,4-10,12-15H2,1-3H3,(H,49,50)/t16?,17?,18?,19-,20-,21?,22?,23?,24?,25?,26?,27?,28?,29?,30?,31?,32?,34+,35+,36+,37+,38-;17?,18?,19?,20-,21-,22?,23?,24?,25?,26?,27?,28?,29?,30?,31?,32?,33?,35+,36+,37+,38-/m00/s1. The Morgan fingerprint density at radius 1 is 0.372 bits per heavy atom. The number of rotatable bonds is 20. The van der Waals surface area contributed by atoms with Gasteiger partial charge in [-0.2, -0.15) is 0 Å². The maximum absolute atomic E-state index is 12.7. The van der Waals surface area contributed by atoms with Crippen molar-refractivity contribution in [2.75, 3.05) is 39.6 Å². The third-order valence-electron chi connectivity index (χ3n) is 30.5. The van der Waals surface area contributed by atoms with Crippen LogP contribution in [0, 0.1) is 56.2 Å². The van der Waals surface area contributed by atoms with Crippen LogP contribution >= 0.6 is 0 Å². The fraction of sp³-hybridized carbons (Fsp3) is 0.947. The van der Waals surface area contributed by atoms with Crippen LogP contribution in [-0.4, -0.2) is 370 Å². The van der Waals surface area contributed by atoms with Crippen molar-refractivity contribution in [1.29, 1.82) is 0 Å². The number of aliphatic hydroxyl groups is 21. The van der Waals surface area contributed by atoms with Crippen LogP contribution in [0.2, 0.25) is 0 Å². The Balaban J connectivity index is 0.000000198. The van der Waals surface area contributed by atoms with Gasteiger partial charge in [0, 0.05) is 0 Å². The van der Waals surface area contributed by atoms with E-state index in [1.165, 1.54) is 0 Å². The molecule has 6 heterocycles. The number of hydrogen-bond acceptors (Lipinski definition) is 35. The predicted molar refractivity (Wildman–Crippen MR) is 375 cm³/mol. The summed E-state index contributed by atoms with van der Waals surface area (Å²) in [6, 6.07) is 0. The topological polar surface area (TPSA) is 610 Å². The molecule has 7 saturated carbocycles. The van der Waals surface area contributed by atoms with Crippen LogP contribution in [-0.2, 0) is 66.4 Å². The fourth-order valence-electron chi connectivity index (χ4n) is 24.5. The van der Waals surface area contributed by atoms with E-state index in [4.69, 9.17) is 56.8 Å². The van der Waals surface area contributed by atoms with Crippen LogP contribution in [0.1, 0.15) is 151 Å². The summed E-state index contributed by atoms with van der Waals surface area (Å²) in [5.74, 6) is -1.44. The Hall–Kier alpha value is -2.64. The highest BCUT2D eigenvalue weighted by molar-refractivity contribution is 5.75. The molecule has 6 saturated heterocycles. The molecule has 13 fully saturated rings. The summed E-state index contributed by atoms with van der Waals surface area (Å²) < 4.78 is 73.3. The van der Waals surface area contributed by atoms with E-state index >= 15 is 0 Å². The molecule has 113 heavy (non-hydrogen) atoms. The van der Waals surface area contributed by atoms with Crippen LogP contribution in [0.25, 0.3) is 0 Å². The highest BCUT2D eigenvalue weighted by atomic mass is 16.8. The van der Waals surface area contributed by atoms with Gasteiger partial charge in [-0.1, -0.05) is 32.8 Å². The molecule has 37 heteroatoms. The number of ether oxygens (including phenoxy) is 12. The summed E-state index contributed by atoms with van der Waals surface area (Å²) in [5.41, 5.74) is -6.05. The lowest BCUT2D eigenvalue weighted by Crippen LogP contribution is -2.68. The number of carboxylic acid groups (broad SMARTS) is 2. The van der Waals surface area contributed by atoms with Crippen molar-refractivity contribution in [3.05, 3.63) is 11.6 Å². The molecule has 0 aromatic rings. The van der Waals surface area contributed by atoms with Gasteiger partial charge in [0.2, 0.25) is 0 Å². The van der Waals surface area contributed by atoms with E-state index in [0.29, 0.717) is 70.6 Å². The van der Waals surface area contributed by atoms with Gasteiger partial charge in [-0.05, 0) is 175 Å². The molecule has 37 nitrogen and oxygen atoms in total. The van der Waals surface area contributed by atoms with Crippen LogP contribution in [0.3, 0.4) is 0 Å². The normalized spacial score (nSPS) is 55.5. The Morgan fingerprint density at radius 2 is 0.708 bits per heavy atom. The number of carboxylic acids is 2. The molecule has 0 aromatic carbocycles. The van der Waals surface area contributed by atoms with Gasteiger partial charge in [0.15, 0.2) is 37.7 Å². The minimum absolute atomic E-state index is 0.00952. The average molecular weight is 1630 g/mol. The molecule has 23 N–H and O–H groups in total. The molecule has 4 bridgehead atoms. The van der Waals surface area contributed by atoms with Gasteiger partial charge in [0.1, 0.15) is 152 Å². The molecule has 30 unspecified atom stereocenters. The first-order valence-corrected chi connectivity index (χ1v) is 40.1. The number of fused-ring (bicyclic) bond motifs is 6. The first kappa shape index (κ1) is 88.2. The van der Waals surface area contributed by atoms with Crippen molar-refractivity contribution < 1.29 is 184 Å². The van der Waals surface area contributed by atoms with Crippen LogP contribution in [0.4, 0.5) is 0 Å². The van der Waals surface area contributed by atoms with E-state index in [-0.39, 0.29) is 46.3 Å². The number of hydrogen-bond donors (Lipinski definition) is 23. The van der Waals surface area contributed by atoms with E-state index in [9.17, 15) is 127 Å². The summed E-state index contributed by atoms with van der Waals surface area (Å²) in [4.78, 5) is 25.3. The first-order chi connectivity index (χ1) is 53.1. The monoisotopic (exact) mass is 1630 g/mol. The molecule has 8 aliphatic carbocycles. The largest absolute Gasteiger partial charge is 0.481 e. The Kier molecular flexibility index (Phi) is 25.5. The molecule has 0 amide bonds. The van der Waals surface area contributed by atoms with Crippen molar-refractivity contribution in [2.45, 2.75) is 352 Å². The number of allylic oxidation sites excluding steroid dienone is 1. The summed E-state index contributed by atoms with van der Waals surface area (Å²) in [7, 11) is 0. The van der Waals surface area contributed by atoms with E-state index in [2.05, 4.69) is 19.9 Å². The molecular weight excluding hydrogens is 1500 g/mol. The van der Waals surface area contributed by atoms with Gasteiger partial charge in [0.05, 0.1) is 61.7 Å². The van der Waals surface area contributed by atoms with E-state index in [1.54, 1.807) is 6.92 Å². The third kappa shape index (κ3) is 14.6. The minimum atomic E-state index is -1.95. The van der Waals surface area contributed by atoms with Crippen LogP contribution in [0.5, 0.6) is 0 Å². The molecule has 648 valence electrons. The molecule has 43 atom stereocenters. The quantitative estimate of drug-likeness (QED) is 0.0399. The second kappa shape index (κ2) is 32.6. The fourth-order valence-corrected chi connectivity index (χ4v) is 24.5. The Bertz CT molecular complexity index is 3340. The Morgan fingerprint density at radius 3 is 1.10 bits per heavy atom. The second-order valence-corrected chi connectivity index (χ2v) is 36.6. The van der Waals surface area contributed by atoms with Crippen molar-refractivity contribution in [3.8, 4) is 0 Å². The maximum Gasteiger partial charge on any atom is 0.309 e. The van der Waals surface area contributed by atoms with Crippen molar-refractivity contribution in [2.24, 2.45) is 56.2 Å². The third-order valence-corrected chi connectivity index (χ3v) is 30.5. The van der Waals surface area contributed by atoms with Gasteiger partial charge in [-0.15, -0.1) is 0 Å². The lowest BCUT2D eigenvalue weighted by molar-refractivity contribution is -0.406. The molecule has 0 aromatic heterocycles. The SMILES string of the molecule is CC1=C[C@@]23CC[C@H]4[C@@](C)(CCC[C@@]4(C)C(=O)O)[C@@H]2CC[C@]1(OC1OC(CO)C(O)C(OC2OC(CO)C(O)C(O)C2O)C1OC1OC(CO)C(O)C(O)C1O)C3.C[C@@]12CCC[C@@](C)(C(=O)O)[C@H]1CC[C@@]13C[C@@](OC4OC(CO)C(O)C(OC5OC(CO)C(O)C(O)C5O)C4OC4OC(CO)C(O)C(O)C4O)(CC[C@H]12)[C@](C)(O)C3. The van der Waals surface area contributed by atoms with Crippen molar-refractivity contribution >= 4 is 11.9 Å². The molecule has 2 spiro atoms. The molecule has 14 aliphatic rings. The zero-order valence-corrected chi connectivity index (χ0v) is 64.5. The Labute approximate surface area is 652 Å². The van der Waals surface area contributed by atoms with Crippen molar-refractivity contribution in [3.63, 3.8) is 0 Å². The smallest absolute Gasteiger partial charge is 0.309 e. The van der Waals surface area contributed by atoms with E-state index in [1.807, 2.05) is 20.8 Å². The van der Waals surface area contributed by atoms with E-state index in [0.717, 1.165) is 37.7 Å². The molecular formula is C76H122O37. The number of aliphatic carboxylic acids is 2. The molecule has 6 aliphatic heterocycles. The summed E-state index contributed by atoms with van der Waals surface area (Å²) in [6.07, 6.45) is -38.6.